The highest BCUT2D eigenvalue weighted by molar-refractivity contribution is 6.30. The van der Waals surface area contributed by atoms with Crippen LogP contribution in [0.15, 0.2) is 12.1 Å². The van der Waals surface area contributed by atoms with Crippen molar-refractivity contribution in [1.82, 2.24) is 5.32 Å². The molecule has 0 aliphatic rings. The standard InChI is InChI=1S/C16H26ClNO2/c1-4-19-9-6-5-7-18-8-10-20-16-13(2)11-15(17)12-14(16)3/h11-12,18H,4-10H2,1-3H3. The molecule has 0 fully saturated rings. The summed E-state index contributed by atoms with van der Waals surface area (Å²) in [6, 6.07) is 3.87. The molecular weight excluding hydrogens is 274 g/mol. The quantitative estimate of drug-likeness (QED) is 0.668. The zero-order chi connectivity index (χ0) is 14.8. The Labute approximate surface area is 127 Å². The average Bonchev–Trinajstić information content (AvgIpc) is 2.39. The second kappa shape index (κ2) is 10.0. The first-order valence-corrected chi connectivity index (χ1v) is 7.71. The summed E-state index contributed by atoms with van der Waals surface area (Å²) in [6.45, 7) is 10.3. The minimum Gasteiger partial charge on any atom is -0.492 e. The Hall–Kier alpha value is -0.770. The van der Waals surface area contributed by atoms with Gasteiger partial charge in [-0.25, -0.2) is 0 Å². The van der Waals surface area contributed by atoms with Crippen LogP contribution in [0.4, 0.5) is 0 Å². The summed E-state index contributed by atoms with van der Waals surface area (Å²) in [5, 5.41) is 4.14. The zero-order valence-corrected chi connectivity index (χ0v) is 13.6. The van der Waals surface area contributed by atoms with Crippen molar-refractivity contribution in [2.75, 3.05) is 32.9 Å². The van der Waals surface area contributed by atoms with Crippen LogP contribution in [0.3, 0.4) is 0 Å². The van der Waals surface area contributed by atoms with Gasteiger partial charge >= 0.3 is 0 Å². The van der Waals surface area contributed by atoms with Crippen LogP contribution in [0.25, 0.3) is 0 Å². The van der Waals surface area contributed by atoms with Crippen LogP contribution in [0, 0.1) is 13.8 Å². The molecule has 0 aliphatic heterocycles. The van der Waals surface area contributed by atoms with Gasteiger partial charge in [-0.1, -0.05) is 11.6 Å². The lowest BCUT2D eigenvalue weighted by Gasteiger charge is -2.13. The summed E-state index contributed by atoms with van der Waals surface area (Å²) in [5.41, 5.74) is 2.18. The largest absolute Gasteiger partial charge is 0.492 e. The third kappa shape index (κ3) is 6.60. The normalized spacial score (nSPS) is 10.8. The van der Waals surface area contributed by atoms with Crippen molar-refractivity contribution < 1.29 is 9.47 Å². The van der Waals surface area contributed by atoms with E-state index in [9.17, 15) is 0 Å². The molecule has 20 heavy (non-hydrogen) atoms. The molecule has 4 heteroatoms. The SMILES string of the molecule is CCOCCCCNCCOc1c(C)cc(Cl)cc1C. The van der Waals surface area contributed by atoms with Crippen LogP contribution in [0.5, 0.6) is 5.75 Å². The van der Waals surface area contributed by atoms with Crippen LogP contribution >= 0.6 is 11.6 Å². The summed E-state index contributed by atoms with van der Waals surface area (Å²) < 4.78 is 11.1. The van der Waals surface area contributed by atoms with E-state index in [1.807, 2.05) is 32.9 Å². The van der Waals surface area contributed by atoms with Crippen LogP contribution < -0.4 is 10.1 Å². The molecule has 1 aromatic carbocycles. The lowest BCUT2D eigenvalue weighted by Crippen LogP contribution is -2.22. The third-order valence-corrected chi connectivity index (χ3v) is 3.26. The van der Waals surface area contributed by atoms with E-state index in [2.05, 4.69) is 5.32 Å². The van der Waals surface area contributed by atoms with Gasteiger partial charge in [0.1, 0.15) is 12.4 Å². The summed E-state index contributed by atoms with van der Waals surface area (Å²) in [7, 11) is 0. The molecule has 0 aliphatic carbocycles. The second-order valence-electron chi connectivity index (χ2n) is 4.87. The van der Waals surface area contributed by atoms with Crippen LogP contribution in [0.1, 0.15) is 30.9 Å². The number of ether oxygens (including phenoxy) is 2. The average molecular weight is 300 g/mol. The minimum absolute atomic E-state index is 0.675. The smallest absolute Gasteiger partial charge is 0.125 e. The van der Waals surface area contributed by atoms with Crippen LogP contribution in [-0.4, -0.2) is 32.9 Å². The molecule has 0 radical (unpaired) electrons. The first kappa shape index (κ1) is 17.3. The van der Waals surface area contributed by atoms with E-state index in [1.165, 1.54) is 0 Å². The number of aryl methyl sites for hydroxylation is 2. The van der Waals surface area contributed by atoms with E-state index in [4.69, 9.17) is 21.1 Å². The van der Waals surface area contributed by atoms with Crippen molar-refractivity contribution in [3.05, 3.63) is 28.3 Å². The monoisotopic (exact) mass is 299 g/mol. The molecule has 0 saturated carbocycles. The number of hydrogen-bond donors (Lipinski definition) is 1. The Kier molecular flexibility index (Phi) is 8.67. The molecule has 0 heterocycles. The maximum absolute atomic E-state index is 6.00. The first-order chi connectivity index (χ1) is 9.65. The fraction of sp³-hybridized carbons (Fsp3) is 0.625. The molecule has 1 rings (SSSR count). The van der Waals surface area contributed by atoms with Gasteiger partial charge in [0, 0.05) is 24.8 Å². The van der Waals surface area contributed by atoms with E-state index in [0.29, 0.717) is 6.61 Å². The number of hydrogen-bond acceptors (Lipinski definition) is 3. The van der Waals surface area contributed by atoms with Crippen molar-refractivity contribution in [1.29, 1.82) is 0 Å². The Morgan fingerprint density at radius 2 is 1.75 bits per heavy atom. The third-order valence-electron chi connectivity index (χ3n) is 3.05. The highest BCUT2D eigenvalue weighted by Crippen LogP contribution is 2.26. The molecule has 0 aromatic heterocycles. The molecule has 0 unspecified atom stereocenters. The summed E-state index contributed by atoms with van der Waals surface area (Å²) in [6.07, 6.45) is 2.25. The number of benzene rings is 1. The fourth-order valence-corrected chi connectivity index (χ4v) is 2.40. The van der Waals surface area contributed by atoms with E-state index in [1.54, 1.807) is 0 Å². The maximum Gasteiger partial charge on any atom is 0.125 e. The predicted molar refractivity (Wildman–Crippen MR) is 85.0 cm³/mol. The van der Waals surface area contributed by atoms with Crippen LogP contribution in [0.2, 0.25) is 5.02 Å². The van der Waals surface area contributed by atoms with Crippen molar-refractivity contribution in [2.45, 2.75) is 33.6 Å². The topological polar surface area (TPSA) is 30.5 Å². The molecule has 0 spiro atoms. The zero-order valence-electron chi connectivity index (χ0n) is 12.8. The molecule has 0 atom stereocenters. The van der Waals surface area contributed by atoms with E-state index < -0.39 is 0 Å². The first-order valence-electron chi connectivity index (χ1n) is 7.33. The van der Waals surface area contributed by atoms with Crippen molar-refractivity contribution in [2.24, 2.45) is 0 Å². The Morgan fingerprint density at radius 3 is 2.40 bits per heavy atom. The van der Waals surface area contributed by atoms with Crippen LogP contribution in [-0.2, 0) is 4.74 Å². The summed E-state index contributed by atoms with van der Waals surface area (Å²) in [5.74, 6) is 0.951. The van der Waals surface area contributed by atoms with Gasteiger partial charge in [0.25, 0.3) is 0 Å². The fourth-order valence-electron chi connectivity index (χ4n) is 2.07. The highest BCUT2D eigenvalue weighted by atomic mass is 35.5. The van der Waals surface area contributed by atoms with Gasteiger partial charge in [-0.3, -0.25) is 0 Å². The lowest BCUT2D eigenvalue weighted by molar-refractivity contribution is 0.143. The van der Waals surface area contributed by atoms with E-state index in [-0.39, 0.29) is 0 Å². The molecular formula is C16H26ClNO2. The number of halogens is 1. The van der Waals surface area contributed by atoms with Crippen molar-refractivity contribution in [3.63, 3.8) is 0 Å². The molecule has 114 valence electrons. The number of nitrogens with one attached hydrogen (secondary N) is 1. The van der Waals surface area contributed by atoms with Crippen molar-refractivity contribution >= 4 is 11.6 Å². The van der Waals surface area contributed by atoms with Gasteiger partial charge in [0.05, 0.1) is 0 Å². The maximum atomic E-state index is 6.00. The predicted octanol–water partition coefficient (Wildman–Crippen LogP) is 3.74. The minimum atomic E-state index is 0.675. The Balaban J connectivity index is 2.13. The van der Waals surface area contributed by atoms with Gasteiger partial charge in [-0.2, -0.15) is 0 Å². The van der Waals surface area contributed by atoms with Gasteiger partial charge in [0.15, 0.2) is 0 Å². The summed E-state index contributed by atoms with van der Waals surface area (Å²) in [4.78, 5) is 0. The van der Waals surface area contributed by atoms with E-state index >= 15 is 0 Å². The molecule has 0 amide bonds. The molecule has 0 bridgehead atoms. The molecule has 1 aromatic rings. The van der Waals surface area contributed by atoms with Gasteiger partial charge in [-0.15, -0.1) is 0 Å². The Bertz CT molecular complexity index is 373. The lowest BCUT2D eigenvalue weighted by atomic mass is 10.1. The second-order valence-corrected chi connectivity index (χ2v) is 5.31. The number of rotatable bonds is 10. The molecule has 0 saturated heterocycles. The van der Waals surface area contributed by atoms with Gasteiger partial charge < -0.3 is 14.8 Å². The molecule has 3 nitrogen and oxygen atoms in total. The van der Waals surface area contributed by atoms with Gasteiger partial charge in [-0.05, 0) is 63.4 Å². The summed E-state index contributed by atoms with van der Waals surface area (Å²) >= 11 is 6.00. The molecule has 1 N–H and O–H groups in total. The Morgan fingerprint density at radius 1 is 1.05 bits per heavy atom. The number of unbranched alkanes of at least 4 members (excludes halogenated alkanes) is 1. The van der Waals surface area contributed by atoms with Gasteiger partial charge in [0.2, 0.25) is 0 Å². The van der Waals surface area contributed by atoms with E-state index in [0.717, 1.165) is 61.0 Å². The van der Waals surface area contributed by atoms with Crippen molar-refractivity contribution in [3.8, 4) is 5.75 Å². The highest BCUT2D eigenvalue weighted by Gasteiger charge is 2.05.